The van der Waals surface area contributed by atoms with E-state index in [4.69, 9.17) is 4.74 Å². The average Bonchev–Trinajstić information content (AvgIpc) is 3.30. The Hall–Kier alpha value is -0.910. The molecule has 3 aliphatic rings. The number of fused-ring (bicyclic) bond motifs is 2. The van der Waals surface area contributed by atoms with Gasteiger partial charge in [-0.3, -0.25) is 0 Å². The van der Waals surface area contributed by atoms with Gasteiger partial charge in [-0.05, 0) is 18.4 Å². The van der Waals surface area contributed by atoms with E-state index in [9.17, 15) is 9.90 Å². The van der Waals surface area contributed by atoms with Crippen molar-refractivity contribution in [2.24, 2.45) is 5.92 Å². The number of benzene rings is 1. The molecule has 0 aromatic heterocycles. The highest BCUT2D eigenvalue weighted by Crippen LogP contribution is 2.46. The molecule has 144 valence electrons. The predicted molar refractivity (Wildman–Crippen MR) is 95.7 cm³/mol. The molecular weight excluding hydrogens is 394 g/mol. The molecule has 26 heavy (non-hydrogen) atoms. The van der Waals surface area contributed by atoms with Crippen molar-refractivity contribution in [1.82, 2.24) is 0 Å². The molecular formula is C21H30BrNO3. The number of halogens is 1. The van der Waals surface area contributed by atoms with Crippen LogP contribution in [0, 0.1) is 5.92 Å². The van der Waals surface area contributed by atoms with Crippen molar-refractivity contribution >= 4 is 5.97 Å². The number of hydrogen-bond acceptors (Lipinski definition) is 3. The minimum atomic E-state index is -1.50. The molecule has 0 spiro atoms. The molecule has 5 heteroatoms. The van der Waals surface area contributed by atoms with Crippen LogP contribution in [0.4, 0.5) is 0 Å². The predicted octanol–water partition coefficient (Wildman–Crippen LogP) is -0.00870. The molecule has 4 rings (SSSR count). The lowest BCUT2D eigenvalue weighted by molar-refractivity contribution is -0.913. The van der Waals surface area contributed by atoms with Gasteiger partial charge >= 0.3 is 5.97 Å². The molecule has 2 unspecified atom stereocenters. The standard InChI is InChI=1S/C21H30NO3.BrH/c1-22(2)17-12-13-18(22)19(14-17)25-20(23)21(24,16-10-6-7-11-16)15-8-4-3-5-9-15;/h3-5,8-9,16-19,24H,6-7,10-14H2,1-2H3;1H/q+1;/p-1/t17?,18-,19-,21?;/m1./s1. The van der Waals surface area contributed by atoms with Gasteiger partial charge in [0.05, 0.1) is 20.1 Å². The van der Waals surface area contributed by atoms with E-state index in [1.807, 2.05) is 30.3 Å². The van der Waals surface area contributed by atoms with Crippen molar-refractivity contribution in [1.29, 1.82) is 0 Å². The third-order valence-corrected chi connectivity index (χ3v) is 7.25. The van der Waals surface area contributed by atoms with Crippen LogP contribution in [0.3, 0.4) is 0 Å². The summed E-state index contributed by atoms with van der Waals surface area (Å²) in [6.07, 6.45) is 7.13. The number of carbonyl (C=O) groups excluding carboxylic acids is 1. The molecule has 2 heterocycles. The maximum Gasteiger partial charge on any atom is 0.343 e. The summed E-state index contributed by atoms with van der Waals surface area (Å²) in [5.74, 6) is -0.466. The SMILES string of the molecule is C[N+]1(C)C2CC[C@@H]1[C@H](OC(=O)C(O)(c1ccccc1)C1CCCC1)C2.[Br-]. The van der Waals surface area contributed by atoms with E-state index in [0.717, 1.165) is 43.0 Å². The maximum atomic E-state index is 13.2. The average molecular weight is 424 g/mol. The molecule has 3 fully saturated rings. The zero-order chi connectivity index (χ0) is 17.7. The monoisotopic (exact) mass is 423 g/mol. The number of rotatable bonds is 4. The van der Waals surface area contributed by atoms with Crippen LogP contribution in [-0.2, 0) is 15.1 Å². The maximum absolute atomic E-state index is 13.2. The van der Waals surface area contributed by atoms with E-state index < -0.39 is 11.6 Å². The van der Waals surface area contributed by atoms with Crippen LogP contribution >= 0.6 is 0 Å². The fourth-order valence-electron chi connectivity index (χ4n) is 5.64. The number of likely N-dealkylation sites (N-methyl/N-ethyl adjacent to an activating group) is 1. The smallest absolute Gasteiger partial charge is 0.343 e. The molecule has 4 atom stereocenters. The number of esters is 1. The Labute approximate surface area is 166 Å². The minimum absolute atomic E-state index is 0. The van der Waals surface area contributed by atoms with Crippen molar-refractivity contribution in [3.8, 4) is 0 Å². The highest BCUT2D eigenvalue weighted by molar-refractivity contribution is 5.82. The topological polar surface area (TPSA) is 46.5 Å². The van der Waals surface area contributed by atoms with Gasteiger partial charge in [0.25, 0.3) is 0 Å². The lowest BCUT2D eigenvalue weighted by Crippen LogP contribution is -3.00. The quantitative estimate of drug-likeness (QED) is 0.547. The Bertz CT molecular complexity index is 644. The van der Waals surface area contributed by atoms with Gasteiger partial charge < -0.3 is 31.3 Å². The minimum Gasteiger partial charge on any atom is -1.00 e. The third-order valence-electron chi connectivity index (χ3n) is 7.25. The van der Waals surface area contributed by atoms with Crippen molar-refractivity contribution in [3.63, 3.8) is 0 Å². The van der Waals surface area contributed by atoms with E-state index in [1.165, 1.54) is 6.42 Å². The van der Waals surface area contributed by atoms with Crippen molar-refractivity contribution in [2.75, 3.05) is 14.1 Å². The Morgan fingerprint density at radius 3 is 2.31 bits per heavy atom. The third kappa shape index (κ3) is 3.02. The Balaban J connectivity index is 0.00000196. The van der Waals surface area contributed by atoms with Crippen LogP contribution in [0.25, 0.3) is 0 Å². The summed E-state index contributed by atoms with van der Waals surface area (Å²) < 4.78 is 6.96. The summed E-state index contributed by atoms with van der Waals surface area (Å²) in [6, 6.07) is 10.4. The summed E-state index contributed by atoms with van der Waals surface area (Å²) in [4.78, 5) is 13.2. The van der Waals surface area contributed by atoms with Gasteiger partial charge in [0.2, 0.25) is 0 Å². The molecule has 1 N–H and O–H groups in total. The lowest BCUT2D eigenvalue weighted by atomic mass is 9.80. The zero-order valence-electron chi connectivity index (χ0n) is 15.7. The van der Waals surface area contributed by atoms with Crippen LogP contribution < -0.4 is 17.0 Å². The highest BCUT2D eigenvalue weighted by atomic mass is 79.9. The van der Waals surface area contributed by atoms with E-state index in [2.05, 4.69) is 14.1 Å². The van der Waals surface area contributed by atoms with Gasteiger partial charge in [0.15, 0.2) is 11.7 Å². The Morgan fingerprint density at radius 2 is 1.77 bits per heavy atom. The number of ether oxygens (including phenoxy) is 1. The van der Waals surface area contributed by atoms with Gasteiger partial charge in [-0.25, -0.2) is 4.79 Å². The lowest BCUT2D eigenvalue weighted by Gasteiger charge is -2.35. The first-order valence-corrected chi connectivity index (χ1v) is 9.76. The molecule has 2 saturated heterocycles. The number of carbonyl (C=O) groups is 1. The highest BCUT2D eigenvalue weighted by Gasteiger charge is 2.58. The van der Waals surface area contributed by atoms with Gasteiger partial charge in [0.1, 0.15) is 6.04 Å². The normalized spacial score (nSPS) is 32.0. The van der Waals surface area contributed by atoms with E-state index in [1.54, 1.807) is 0 Å². The summed E-state index contributed by atoms with van der Waals surface area (Å²) in [7, 11) is 4.49. The van der Waals surface area contributed by atoms with Gasteiger partial charge in [-0.2, -0.15) is 0 Å². The molecule has 0 radical (unpaired) electrons. The van der Waals surface area contributed by atoms with Crippen molar-refractivity contribution in [3.05, 3.63) is 35.9 Å². The number of quaternary nitrogens is 1. The largest absolute Gasteiger partial charge is 1.00 e. The van der Waals surface area contributed by atoms with Crippen LogP contribution in [0.5, 0.6) is 0 Å². The number of aliphatic hydroxyl groups is 1. The molecule has 1 aromatic carbocycles. The van der Waals surface area contributed by atoms with Gasteiger partial charge in [-0.1, -0.05) is 43.2 Å². The molecule has 1 aromatic rings. The fraction of sp³-hybridized carbons (Fsp3) is 0.667. The molecule has 4 nitrogen and oxygen atoms in total. The van der Waals surface area contributed by atoms with Crippen molar-refractivity contribution in [2.45, 2.75) is 68.7 Å². The summed E-state index contributed by atoms with van der Waals surface area (Å²) in [5.41, 5.74) is -0.819. The van der Waals surface area contributed by atoms with Crippen molar-refractivity contribution < 1.29 is 36.1 Å². The van der Waals surface area contributed by atoms with E-state index >= 15 is 0 Å². The summed E-state index contributed by atoms with van der Waals surface area (Å²) in [6.45, 7) is 0. The van der Waals surface area contributed by atoms with Crippen LogP contribution in [0.15, 0.2) is 30.3 Å². The van der Waals surface area contributed by atoms with Crippen LogP contribution in [-0.4, -0.2) is 47.8 Å². The summed E-state index contributed by atoms with van der Waals surface area (Å²) >= 11 is 0. The summed E-state index contributed by atoms with van der Waals surface area (Å²) in [5, 5.41) is 11.5. The van der Waals surface area contributed by atoms with E-state index in [-0.39, 0.29) is 29.0 Å². The second-order valence-electron chi connectivity index (χ2n) is 8.72. The molecule has 1 aliphatic carbocycles. The van der Waals surface area contributed by atoms with Crippen LogP contribution in [0.2, 0.25) is 0 Å². The number of nitrogens with zero attached hydrogens (tertiary/aromatic N) is 1. The first kappa shape index (κ1) is 19.8. The molecule has 2 aliphatic heterocycles. The fourth-order valence-corrected chi connectivity index (χ4v) is 5.64. The molecule has 0 amide bonds. The van der Waals surface area contributed by atoms with Gasteiger partial charge in [0, 0.05) is 25.2 Å². The Kier molecular flexibility index (Phi) is 5.53. The first-order valence-electron chi connectivity index (χ1n) is 9.76. The second-order valence-corrected chi connectivity index (χ2v) is 8.72. The number of hydrogen-bond donors (Lipinski definition) is 1. The zero-order valence-corrected chi connectivity index (χ0v) is 17.3. The van der Waals surface area contributed by atoms with Gasteiger partial charge in [-0.15, -0.1) is 0 Å². The Morgan fingerprint density at radius 1 is 1.12 bits per heavy atom. The first-order chi connectivity index (χ1) is 11.9. The van der Waals surface area contributed by atoms with Crippen LogP contribution in [0.1, 0.15) is 50.5 Å². The molecule has 1 saturated carbocycles. The second kappa shape index (κ2) is 7.25. The molecule has 2 bridgehead atoms. The van der Waals surface area contributed by atoms with E-state index in [0.29, 0.717) is 17.6 Å².